The molecule has 2 unspecified atom stereocenters. The SMILES string of the molecule is C=C1NC2=C(C(=O)CCC2)C(c2cc(OC)c(O)c(OC)c2)C1C(=O)OC1CCCC1. The Hall–Kier alpha value is -2.96. The molecular formula is C24H29NO6. The van der Waals surface area contributed by atoms with Crippen molar-refractivity contribution < 1.29 is 28.9 Å². The van der Waals surface area contributed by atoms with Crippen LogP contribution in [0.5, 0.6) is 17.2 Å². The lowest BCUT2D eigenvalue weighted by Crippen LogP contribution is -2.41. The number of phenols is 1. The van der Waals surface area contributed by atoms with Gasteiger partial charge in [-0.05, 0) is 56.2 Å². The number of Topliss-reactive ketones (excluding diaryl/α,β-unsaturated/α-hetero) is 1. The number of rotatable bonds is 5. The Balaban J connectivity index is 1.82. The summed E-state index contributed by atoms with van der Waals surface area (Å²) in [6.07, 6.45) is 5.62. The van der Waals surface area contributed by atoms with Gasteiger partial charge in [0.2, 0.25) is 5.75 Å². The number of ether oxygens (including phenoxy) is 3. The molecule has 0 amide bonds. The summed E-state index contributed by atoms with van der Waals surface area (Å²) in [5, 5.41) is 13.6. The summed E-state index contributed by atoms with van der Waals surface area (Å²) in [7, 11) is 2.89. The molecule has 3 aliphatic rings. The molecule has 4 rings (SSSR count). The molecule has 1 aromatic carbocycles. The first-order chi connectivity index (χ1) is 14.9. The van der Waals surface area contributed by atoms with Crippen LogP contribution in [0.3, 0.4) is 0 Å². The summed E-state index contributed by atoms with van der Waals surface area (Å²) in [6, 6.07) is 3.31. The Morgan fingerprint density at radius 1 is 1.10 bits per heavy atom. The second kappa shape index (κ2) is 8.65. The number of hydrogen-bond acceptors (Lipinski definition) is 7. The molecule has 1 fully saturated rings. The molecule has 0 aromatic heterocycles. The van der Waals surface area contributed by atoms with Crippen molar-refractivity contribution in [3.05, 3.63) is 41.2 Å². The number of carbonyl (C=O) groups excluding carboxylic acids is 2. The van der Waals surface area contributed by atoms with Gasteiger partial charge in [0, 0.05) is 29.3 Å². The minimum atomic E-state index is -0.764. The number of nitrogens with one attached hydrogen (secondary N) is 1. The third kappa shape index (κ3) is 3.89. The van der Waals surface area contributed by atoms with E-state index in [4.69, 9.17) is 14.2 Å². The molecule has 1 aromatic rings. The first kappa shape index (κ1) is 21.3. The van der Waals surface area contributed by atoms with Gasteiger partial charge in [-0.25, -0.2) is 0 Å². The Morgan fingerprint density at radius 2 is 1.74 bits per heavy atom. The van der Waals surface area contributed by atoms with E-state index in [9.17, 15) is 14.7 Å². The molecule has 0 bridgehead atoms. The van der Waals surface area contributed by atoms with Gasteiger partial charge < -0.3 is 24.6 Å². The smallest absolute Gasteiger partial charge is 0.316 e. The van der Waals surface area contributed by atoms with E-state index in [0.29, 0.717) is 29.7 Å². The third-order valence-corrected chi connectivity index (χ3v) is 6.49. The second-order valence-electron chi connectivity index (χ2n) is 8.39. The Kier molecular flexibility index (Phi) is 5.94. The van der Waals surface area contributed by atoms with Crippen LogP contribution >= 0.6 is 0 Å². The molecule has 7 nitrogen and oxygen atoms in total. The van der Waals surface area contributed by atoms with E-state index >= 15 is 0 Å². The number of aromatic hydroxyl groups is 1. The standard InChI is InChI=1S/C24H29NO6/c1-13-20(24(28)31-15-7-4-5-8-15)21(22-16(25-13)9-6-10-17(22)26)14-11-18(29-2)23(27)19(12-14)30-3/h11-12,15,20-21,25,27H,1,4-10H2,2-3H3. The van der Waals surface area contributed by atoms with E-state index in [1.54, 1.807) is 12.1 Å². The van der Waals surface area contributed by atoms with Crippen molar-refractivity contribution in [2.75, 3.05) is 14.2 Å². The number of methoxy groups -OCH3 is 2. The van der Waals surface area contributed by atoms with Crippen molar-refractivity contribution in [3.63, 3.8) is 0 Å². The molecule has 7 heteroatoms. The summed E-state index contributed by atoms with van der Waals surface area (Å²) in [6.45, 7) is 4.12. The van der Waals surface area contributed by atoms with Crippen molar-refractivity contribution in [3.8, 4) is 17.2 Å². The van der Waals surface area contributed by atoms with E-state index in [0.717, 1.165) is 37.8 Å². The predicted octanol–water partition coefficient (Wildman–Crippen LogP) is 3.72. The van der Waals surface area contributed by atoms with Gasteiger partial charge in [0.15, 0.2) is 17.3 Å². The molecule has 2 atom stereocenters. The van der Waals surface area contributed by atoms with Crippen LogP contribution in [0.25, 0.3) is 0 Å². The van der Waals surface area contributed by atoms with Gasteiger partial charge in [-0.15, -0.1) is 0 Å². The number of allylic oxidation sites excluding steroid dienone is 2. The second-order valence-corrected chi connectivity index (χ2v) is 8.39. The maximum absolute atomic E-state index is 13.3. The van der Waals surface area contributed by atoms with Crippen molar-refractivity contribution in [2.24, 2.45) is 5.92 Å². The van der Waals surface area contributed by atoms with Crippen molar-refractivity contribution >= 4 is 11.8 Å². The minimum Gasteiger partial charge on any atom is -0.502 e. The topological polar surface area (TPSA) is 94.1 Å². The van der Waals surface area contributed by atoms with Gasteiger partial charge >= 0.3 is 5.97 Å². The monoisotopic (exact) mass is 427 g/mol. The summed E-state index contributed by atoms with van der Waals surface area (Å²) in [4.78, 5) is 26.4. The highest BCUT2D eigenvalue weighted by atomic mass is 16.5. The van der Waals surface area contributed by atoms with Crippen LogP contribution in [-0.2, 0) is 14.3 Å². The van der Waals surface area contributed by atoms with Crippen LogP contribution in [0, 0.1) is 5.92 Å². The van der Waals surface area contributed by atoms with Gasteiger partial charge in [-0.1, -0.05) is 6.58 Å². The maximum Gasteiger partial charge on any atom is 0.316 e. The molecular weight excluding hydrogens is 398 g/mol. The van der Waals surface area contributed by atoms with Crippen LogP contribution in [0.15, 0.2) is 35.7 Å². The number of carbonyl (C=O) groups is 2. The lowest BCUT2D eigenvalue weighted by Gasteiger charge is -2.38. The van der Waals surface area contributed by atoms with Gasteiger partial charge in [-0.3, -0.25) is 9.59 Å². The van der Waals surface area contributed by atoms with Crippen LogP contribution in [-0.4, -0.2) is 37.2 Å². The van der Waals surface area contributed by atoms with E-state index in [2.05, 4.69) is 11.9 Å². The van der Waals surface area contributed by atoms with E-state index in [1.165, 1.54) is 14.2 Å². The van der Waals surface area contributed by atoms with E-state index in [1.807, 2.05) is 0 Å². The highest BCUT2D eigenvalue weighted by Gasteiger charge is 2.45. The average molecular weight is 427 g/mol. The fraction of sp³-hybridized carbons (Fsp3) is 0.500. The van der Waals surface area contributed by atoms with Crippen molar-refractivity contribution in [1.29, 1.82) is 0 Å². The van der Waals surface area contributed by atoms with Crippen LogP contribution in [0.2, 0.25) is 0 Å². The first-order valence-corrected chi connectivity index (χ1v) is 10.8. The van der Waals surface area contributed by atoms with Crippen LogP contribution in [0.4, 0.5) is 0 Å². The predicted molar refractivity (Wildman–Crippen MR) is 114 cm³/mol. The summed E-state index contributed by atoms with van der Waals surface area (Å²) in [5.41, 5.74) is 2.56. The Labute approximate surface area is 182 Å². The molecule has 0 saturated heterocycles. The molecule has 0 spiro atoms. The van der Waals surface area contributed by atoms with E-state index < -0.39 is 11.8 Å². The Bertz CT molecular complexity index is 918. The number of esters is 1. The quantitative estimate of drug-likeness (QED) is 0.692. The molecule has 31 heavy (non-hydrogen) atoms. The normalized spacial score (nSPS) is 23.9. The minimum absolute atomic E-state index is 0.0101. The zero-order chi connectivity index (χ0) is 22.1. The number of hydrogen-bond donors (Lipinski definition) is 2. The van der Waals surface area contributed by atoms with E-state index in [-0.39, 0.29) is 35.1 Å². The summed E-state index contributed by atoms with van der Waals surface area (Å²) >= 11 is 0. The lowest BCUT2D eigenvalue weighted by atomic mass is 9.71. The highest BCUT2D eigenvalue weighted by Crippen LogP contribution is 2.48. The molecule has 166 valence electrons. The largest absolute Gasteiger partial charge is 0.502 e. The van der Waals surface area contributed by atoms with Crippen molar-refractivity contribution in [1.82, 2.24) is 5.32 Å². The fourth-order valence-corrected chi connectivity index (χ4v) is 4.97. The molecule has 2 aliphatic carbocycles. The molecule has 0 radical (unpaired) electrons. The van der Waals surface area contributed by atoms with Gasteiger partial charge in [0.1, 0.15) is 12.0 Å². The summed E-state index contributed by atoms with van der Waals surface area (Å²) < 4.78 is 16.5. The fourth-order valence-electron chi connectivity index (χ4n) is 4.97. The van der Waals surface area contributed by atoms with Gasteiger partial charge in [0.05, 0.1) is 14.2 Å². The third-order valence-electron chi connectivity index (χ3n) is 6.49. The molecule has 1 aliphatic heterocycles. The maximum atomic E-state index is 13.3. The zero-order valence-corrected chi connectivity index (χ0v) is 18.0. The molecule has 1 heterocycles. The van der Waals surface area contributed by atoms with Crippen molar-refractivity contribution in [2.45, 2.75) is 57.0 Å². The number of ketones is 1. The molecule has 2 N–H and O–H groups in total. The van der Waals surface area contributed by atoms with Crippen LogP contribution < -0.4 is 14.8 Å². The highest BCUT2D eigenvalue weighted by molar-refractivity contribution is 6.00. The number of phenolic OH excluding ortho intramolecular Hbond substituents is 1. The Morgan fingerprint density at radius 3 is 2.35 bits per heavy atom. The van der Waals surface area contributed by atoms with Crippen LogP contribution in [0.1, 0.15) is 56.4 Å². The first-order valence-electron chi connectivity index (χ1n) is 10.8. The number of benzene rings is 1. The van der Waals surface area contributed by atoms with Gasteiger partial charge in [0.25, 0.3) is 0 Å². The molecule has 1 saturated carbocycles. The average Bonchev–Trinajstić information content (AvgIpc) is 3.26. The van der Waals surface area contributed by atoms with Gasteiger partial charge in [-0.2, -0.15) is 0 Å². The summed E-state index contributed by atoms with van der Waals surface area (Å²) in [5.74, 6) is -1.43. The lowest BCUT2D eigenvalue weighted by molar-refractivity contribution is -0.153. The zero-order valence-electron chi connectivity index (χ0n) is 18.0.